The lowest BCUT2D eigenvalue weighted by atomic mass is 10.1. The van der Waals surface area contributed by atoms with Gasteiger partial charge >= 0.3 is 0 Å². The van der Waals surface area contributed by atoms with Crippen molar-refractivity contribution in [3.8, 4) is 0 Å². The molecule has 94 valence electrons. The third-order valence-electron chi connectivity index (χ3n) is 2.84. The standard InChI is InChI=1S/C13H20N2OS/c1-10(2)11-5-13(8-15-6-11)17-9-12-7-14-3-4-16-12/h5-6,8,10,12,14H,3-4,7,9H2,1-2H3. The molecule has 1 aliphatic rings. The van der Waals surface area contributed by atoms with Crippen LogP contribution in [0.15, 0.2) is 23.4 Å². The Kier molecular flexibility index (Phi) is 4.83. The van der Waals surface area contributed by atoms with Gasteiger partial charge in [-0.1, -0.05) is 13.8 Å². The van der Waals surface area contributed by atoms with E-state index in [0.717, 1.165) is 25.4 Å². The van der Waals surface area contributed by atoms with E-state index in [0.29, 0.717) is 12.0 Å². The fourth-order valence-corrected chi connectivity index (χ4v) is 2.69. The van der Waals surface area contributed by atoms with E-state index in [2.05, 4.69) is 30.2 Å². The van der Waals surface area contributed by atoms with Crippen molar-refractivity contribution in [2.45, 2.75) is 30.8 Å². The SMILES string of the molecule is CC(C)c1cncc(SCC2CNCCO2)c1. The first kappa shape index (κ1) is 12.9. The van der Waals surface area contributed by atoms with Crippen molar-refractivity contribution in [1.82, 2.24) is 10.3 Å². The summed E-state index contributed by atoms with van der Waals surface area (Å²) in [6, 6.07) is 2.23. The van der Waals surface area contributed by atoms with Gasteiger partial charge in [0, 0.05) is 36.1 Å². The highest BCUT2D eigenvalue weighted by Gasteiger charge is 2.13. The predicted molar refractivity (Wildman–Crippen MR) is 71.7 cm³/mol. The van der Waals surface area contributed by atoms with Crippen LogP contribution in [0.5, 0.6) is 0 Å². The van der Waals surface area contributed by atoms with Crippen LogP contribution in [0.3, 0.4) is 0 Å². The lowest BCUT2D eigenvalue weighted by Gasteiger charge is -2.23. The summed E-state index contributed by atoms with van der Waals surface area (Å²) >= 11 is 1.83. The molecule has 1 aromatic rings. The highest BCUT2D eigenvalue weighted by molar-refractivity contribution is 7.99. The molecule has 1 N–H and O–H groups in total. The number of nitrogens with zero attached hydrogens (tertiary/aromatic N) is 1. The van der Waals surface area contributed by atoms with E-state index >= 15 is 0 Å². The van der Waals surface area contributed by atoms with Gasteiger partial charge in [0.15, 0.2) is 0 Å². The lowest BCUT2D eigenvalue weighted by Crippen LogP contribution is -2.39. The van der Waals surface area contributed by atoms with Crippen molar-refractivity contribution in [3.63, 3.8) is 0 Å². The van der Waals surface area contributed by atoms with E-state index < -0.39 is 0 Å². The molecule has 2 heterocycles. The van der Waals surface area contributed by atoms with Crippen LogP contribution in [0.2, 0.25) is 0 Å². The number of hydrogen-bond donors (Lipinski definition) is 1. The van der Waals surface area contributed by atoms with Crippen LogP contribution in [0, 0.1) is 0 Å². The van der Waals surface area contributed by atoms with E-state index in [9.17, 15) is 0 Å². The van der Waals surface area contributed by atoms with Crippen LogP contribution >= 0.6 is 11.8 Å². The Bertz CT molecular complexity index is 351. The van der Waals surface area contributed by atoms with Gasteiger partial charge < -0.3 is 10.1 Å². The zero-order valence-electron chi connectivity index (χ0n) is 10.5. The molecule has 1 fully saturated rings. The normalized spacial score (nSPS) is 20.8. The molecule has 1 aliphatic heterocycles. The smallest absolute Gasteiger partial charge is 0.0793 e. The van der Waals surface area contributed by atoms with Gasteiger partial charge in [-0.25, -0.2) is 0 Å². The van der Waals surface area contributed by atoms with Crippen molar-refractivity contribution in [1.29, 1.82) is 0 Å². The van der Waals surface area contributed by atoms with Crippen molar-refractivity contribution in [3.05, 3.63) is 24.0 Å². The molecule has 4 heteroatoms. The van der Waals surface area contributed by atoms with E-state index in [1.54, 1.807) is 0 Å². The minimum absolute atomic E-state index is 0.330. The molecule has 17 heavy (non-hydrogen) atoms. The highest BCUT2D eigenvalue weighted by Crippen LogP contribution is 2.23. The maximum atomic E-state index is 5.67. The summed E-state index contributed by atoms with van der Waals surface area (Å²) in [7, 11) is 0. The molecule has 0 aromatic carbocycles. The van der Waals surface area contributed by atoms with Crippen molar-refractivity contribution in [2.75, 3.05) is 25.4 Å². The second-order valence-corrected chi connectivity index (χ2v) is 5.71. The topological polar surface area (TPSA) is 34.2 Å². The summed E-state index contributed by atoms with van der Waals surface area (Å²) in [6.45, 7) is 7.16. The molecule has 0 bridgehead atoms. The molecular formula is C13H20N2OS. The summed E-state index contributed by atoms with van der Waals surface area (Å²) < 4.78 is 5.67. The molecule has 0 spiro atoms. The summed E-state index contributed by atoms with van der Waals surface area (Å²) in [6.07, 6.45) is 4.22. The Labute approximate surface area is 107 Å². The van der Waals surface area contributed by atoms with Crippen molar-refractivity contribution < 1.29 is 4.74 Å². The first-order valence-electron chi connectivity index (χ1n) is 6.16. The molecule has 0 saturated carbocycles. The second kappa shape index (κ2) is 6.38. The van der Waals surface area contributed by atoms with Crippen LogP contribution in [0.4, 0.5) is 0 Å². The molecular weight excluding hydrogens is 232 g/mol. The van der Waals surface area contributed by atoms with Gasteiger partial charge in [-0.3, -0.25) is 4.98 Å². The second-order valence-electron chi connectivity index (χ2n) is 4.62. The number of thioether (sulfide) groups is 1. The third-order valence-corrected chi connectivity index (χ3v) is 3.94. The Balaban J connectivity index is 1.87. The maximum absolute atomic E-state index is 5.67. The molecule has 1 aromatic heterocycles. The summed E-state index contributed by atoms with van der Waals surface area (Å²) in [5, 5.41) is 3.35. The summed E-state index contributed by atoms with van der Waals surface area (Å²) in [5.74, 6) is 1.53. The van der Waals surface area contributed by atoms with E-state index in [1.807, 2.05) is 24.2 Å². The minimum atomic E-state index is 0.330. The molecule has 1 saturated heterocycles. The van der Waals surface area contributed by atoms with Crippen molar-refractivity contribution >= 4 is 11.8 Å². The number of morpholine rings is 1. The van der Waals surface area contributed by atoms with Gasteiger partial charge in [0.25, 0.3) is 0 Å². The molecule has 2 rings (SSSR count). The first-order chi connectivity index (χ1) is 8.25. The number of aromatic nitrogens is 1. The van der Waals surface area contributed by atoms with Crippen LogP contribution in [0.1, 0.15) is 25.3 Å². The number of hydrogen-bond acceptors (Lipinski definition) is 4. The van der Waals surface area contributed by atoms with Gasteiger partial charge in [0.2, 0.25) is 0 Å². The van der Waals surface area contributed by atoms with Crippen LogP contribution in [-0.2, 0) is 4.74 Å². The van der Waals surface area contributed by atoms with Gasteiger partial charge in [-0.05, 0) is 17.5 Å². The number of ether oxygens (including phenoxy) is 1. The van der Waals surface area contributed by atoms with E-state index in [-0.39, 0.29) is 0 Å². The average Bonchev–Trinajstić information content (AvgIpc) is 2.38. The largest absolute Gasteiger partial charge is 0.375 e. The average molecular weight is 252 g/mol. The summed E-state index contributed by atoms with van der Waals surface area (Å²) in [4.78, 5) is 5.53. The fraction of sp³-hybridized carbons (Fsp3) is 0.615. The molecule has 1 atom stereocenters. The highest BCUT2D eigenvalue weighted by atomic mass is 32.2. The van der Waals surface area contributed by atoms with Crippen molar-refractivity contribution in [2.24, 2.45) is 0 Å². The molecule has 1 unspecified atom stereocenters. The monoisotopic (exact) mass is 252 g/mol. The summed E-state index contributed by atoms with van der Waals surface area (Å²) in [5.41, 5.74) is 1.30. The fourth-order valence-electron chi connectivity index (χ4n) is 1.75. The van der Waals surface area contributed by atoms with E-state index in [4.69, 9.17) is 4.74 Å². The van der Waals surface area contributed by atoms with E-state index in [1.165, 1.54) is 10.5 Å². The zero-order valence-corrected chi connectivity index (χ0v) is 11.3. The third kappa shape index (κ3) is 3.98. The number of rotatable bonds is 4. The Morgan fingerprint density at radius 2 is 2.41 bits per heavy atom. The van der Waals surface area contributed by atoms with Gasteiger partial charge in [0.1, 0.15) is 0 Å². The quantitative estimate of drug-likeness (QED) is 0.834. The van der Waals surface area contributed by atoms with Crippen LogP contribution < -0.4 is 5.32 Å². The predicted octanol–water partition coefficient (Wildman–Crippen LogP) is 2.29. The Hall–Kier alpha value is -0.580. The molecule has 0 amide bonds. The van der Waals surface area contributed by atoms with Crippen LogP contribution in [-0.4, -0.2) is 36.5 Å². The molecule has 0 radical (unpaired) electrons. The zero-order chi connectivity index (χ0) is 12.1. The molecule has 0 aliphatic carbocycles. The molecule has 3 nitrogen and oxygen atoms in total. The van der Waals surface area contributed by atoms with Gasteiger partial charge in [-0.2, -0.15) is 0 Å². The number of nitrogens with one attached hydrogen (secondary N) is 1. The lowest BCUT2D eigenvalue weighted by molar-refractivity contribution is 0.0441. The minimum Gasteiger partial charge on any atom is -0.375 e. The van der Waals surface area contributed by atoms with Crippen LogP contribution in [0.25, 0.3) is 0 Å². The maximum Gasteiger partial charge on any atom is 0.0793 e. The Morgan fingerprint density at radius 1 is 1.53 bits per heavy atom. The first-order valence-corrected chi connectivity index (χ1v) is 7.14. The van der Waals surface area contributed by atoms with Gasteiger partial charge in [-0.15, -0.1) is 11.8 Å². The number of pyridine rings is 1. The Morgan fingerprint density at radius 3 is 3.12 bits per heavy atom. The van der Waals surface area contributed by atoms with Gasteiger partial charge in [0.05, 0.1) is 12.7 Å².